The van der Waals surface area contributed by atoms with Gasteiger partial charge in [-0.05, 0) is 25.0 Å². The quantitative estimate of drug-likeness (QED) is 0.792. The van der Waals surface area contributed by atoms with E-state index in [-0.39, 0.29) is 17.7 Å². The summed E-state index contributed by atoms with van der Waals surface area (Å²) in [5.41, 5.74) is -0.661. The van der Waals surface area contributed by atoms with E-state index >= 15 is 0 Å². The molecule has 1 spiro atoms. The molecule has 0 N–H and O–H groups in total. The molecular formula is C16H22FN3O3. The number of halogens is 1. The van der Waals surface area contributed by atoms with Crippen molar-refractivity contribution in [2.24, 2.45) is 5.41 Å². The van der Waals surface area contributed by atoms with Crippen LogP contribution in [0.3, 0.4) is 0 Å². The summed E-state index contributed by atoms with van der Waals surface area (Å²) in [4.78, 5) is 29.4. The molecule has 7 heteroatoms. The number of urea groups is 1. The maximum absolute atomic E-state index is 14.6. The Hall–Kier alpha value is -2.05. The number of carbonyl (C=O) groups is 2. The van der Waals surface area contributed by atoms with Gasteiger partial charge in [-0.2, -0.15) is 0 Å². The average molecular weight is 323 g/mol. The van der Waals surface area contributed by atoms with E-state index in [0.717, 1.165) is 0 Å². The van der Waals surface area contributed by atoms with Gasteiger partial charge >= 0.3 is 6.03 Å². The minimum absolute atomic E-state index is 0.105. The van der Waals surface area contributed by atoms with Crippen LogP contribution in [0.15, 0.2) is 22.8 Å². The minimum Gasteiger partial charge on any atom is -0.459 e. The fourth-order valence-corrected chi connectivity index (χ4v) is 3.59. The largest absolute Gasteiger partial charge is 0.459 e. The molecule has 0 saturated carbocycles. The summed E-state index contributed by atoms with van der Waals surface area (Å²) >= 11 is 0. The number of rotatable bonds is 1. The van der Waals surface area contributed by atoms with Crippen LogP contribution in [0.5, 0.6) is 0 Å². The number of hydrogen-bond acceptors (Lipinski definition) is 3. The molecule has 2 atom stereocenters. The first-order chi connectivity index (χ1) is 10.9. The van der Waals surface area contributed by atoms with Crippen LogP contribution in [0.25, 0.3) is 0 Å². The second kappa shape index (κ2) is 5.86. The molecule has 1 aromatic heterocycles. The predicted octanol–water partition coefficient (Wildman–Crippen LogP) is 1.84. The molecule has 0 unspecified atom stereocenters. The lowest BCUT2D eigenvalue weighted by molar-refractivity contribution is 0.0201. The Morgan fingerprint density at radius 3 is 2.70 bits per heavy atom. The summed E-state index contributed by atoms with van der Waals surface area (Å²) in [5.74, 6) is 0.0598. The molecule has 2 aliphatic rings. The molecule has 3 heterocycles. The van der Waals surface area contributed by atoms with Crippen LogP contribution in [-0.2, 0) is 0 Å². The van der Waals surface area contributed by atoms with Crippen LogP contribution < -0.4 is 0 Å². The number of carbonyl (C=O) groups excluding carboxylic acids is 2. The number of nitrogens with zero attached hydrogens (tertiary/aromatic N) is 3. The van der Waals surface area contributed by atoms with Gasteiger partial charge in [0.15, 0.2) is 5.76 Å². The smallest absolute Gasteiger partial charge is 0.319 e. The van der Waals surface area contributed by atoms with Crippen molar-refractivity contribution in [3.8, 4) is 0 Å². The fourth-order valence-electron chi connectivity index (χ4n) is 3.59. The van der Waals surface area contributed by atoms with Gasteiger partial charge in [-0.25, -0.2) is 9.18 Å². The van der Waals surface area contributed by atoms with Gasteiger partial charge in [0.05, 0.1) is 6.26 Å². The molecule has 2 fully saturated rings. The van der Waals surface area contributed by atoms with Gasteiger partial charge in [-0.15, -0.1) is 0 Å². The molecule has 126 valence electrons. The van der Waals surface area contributed by atoms with Gasteiger partial charge < -0.3 is 19.1 Å². The molecule has 0 radical (unpaired) electrons. The fraction of sp³-hybridized carbons (Fsp3) is 0.625. The topological polar surface area (TPSA) is 57.0 Å². The van der Waals surface area contributed by atoms with E-state index in [1.165, 1.54) is 11.2 Å². The summed E-state index contributed by atoms with van der Waals surface area (Å²) < 4.78 is 19.8. The number of amides is 3. The maximum atomic E-state index is 14.6. The third-order valence-electron chi connectivity index (χ3n) is 4.88. The highest BCUT2D eigenvalue weighted by molar-refractivity contribution is 5.91. The van der Waals surface area contributed by atoms with E-state index in [4.69, 9.17) is 4.42 Å². The van der Waals surface area contributed by atoms with Gasteiger partial charge in [0.25, 0.3) is 5.91 Å². The number of piperidine rings is 1. The van der Waals surface area contributed by atoms with Gasteiger partial charge in [0.2, 0.25) is 0 Å². The number of furan rings is 1. The first kappa shape index (κ1) is 15.8. The lowest BCUT2D eigenvalue weighted by Gasteiger charge is -2.43. The van der Waals surface area contributed by atoms with Crippen LogP contribution in [0, 0.1) is 5.41 Å². The summed E-state index contributed by atoms with van der Waals surface area (Å²) in [6.45, 7) is 1.59. The molecule has 0 bridgehead atoms. The van der Waals surface area contributed by atoms with Gasteiger partial charge in [0.1, 0.15) is 6.17 Å². The Morgan fingerprint density at radius 1 is 1.30 bits per heavy atom. The summed E-state index contributed by atoms with van der Waals surface area (Å²) in [6.07, 6.45) is 1.35. The lowest BCUT2D eigenvalue weighted by atomic mass is 9.77. The average Bonchev–Trinajstić information content (AvgIpc) is 3.19. The Bertz CT molecular complexity index is 589. The minimum atomic E-state index is -0.997. The van der Waals surface area contributed by atoms with Crippen LogP contribution >= 0.6 is 0 Å². The molecular weight excluding hydrogens is 301 g/mol. The van der Waals surface area contributed by atoms with Crippen molar-refractivity contribution in [2.45, 2.75) is 19.0 Å². The number of hydrogen-bond donors (Lipinski definition) is 0. The van der Waals surface area contributed by atoms with E-state index in [2.05, 4.69) is 0 Å². The normalized spacial score (nSPS) is 27.5. The van der Waals surface area contributed by atoms with Crippen LogP contribution in [0.4, 0.5) is 9.18 Å². The van der Waals surface area contributed by atoms with Crippen molar-refractivity contribution in [1.82, 2.24) is 14.7 Å². The summed E-state index contributed by atoms with van der Waals surface area (Å²) in [7, 11) is 3.38. The predicted molar refractivity (Wildman–Crippen MR) is 81.8 cm³/mol. The van der Waals surface area contributed by atoms with E-state index in [9.17, 15) is 14.0 Å². The zero-order chi connectivity index (χ0) is 16.6. The molecule has 23 heavy (non-hydrogen) atoms. The second-order valence-corrected chi connectivity index (χ2v) is 6.67. The molecule has 2 aliphatic heterocycles. The van der Waals surface area contributed by atoms with Crippen molar-refractivity contribution in [3.05, 3.63) is 24.2 Å². The van der Waals surface area contributed by atoms with Crippen molar-refractivity contribution >= 4 is 11.9 Å². The monoisotopic (exact) mass is 323 g/mol. The molecule has 2 saturated heterocycles. The molecule has 3 amide bonds. The number of alkyl halides is 1. The molecule has 0 aliphatic carbocycles. The van der Waals surface area contributed by atoms with E-state index in [1.54, 1.807) is 36.0 Å². The van der Waals surface area contributed by atoms with Crippen molar-refractivity contribution < 1.29 is 18.4 Å². The Balaban J connectivity index is 1.73. The van der Waals surface area contributed by atoms with Crippen molar-refractivity contribution in [1.29, 1.82) is 0 Å². The third kappa shape index (κ3) is 2.80. The van der Waals surface area contributed by atoms with Crippen LogP contribution in [0.2, 0.25) is 0 Å². The highest BCUT2D eigenvalue weighted by Gasteiger charge is 2.50. The van der Waals surface area contributed by atoms with E-state index in [1.807, 2.05) is 0 Å². The van der Waals surface area contributed by atoms with Crippen LogP contribution in [0.1, 0.15) is 23.4 Å². The lowest BCUT2D eigenvalue weighted by Crippen LogP contribution is -2.55. The third-order valence-corrected chi connectivity index (χ3v) is 4.88. The Kier molecular flexibility index (Phi) is 4.04. The first-order valence-electron chi connectivity index (χ1n) is 7.86. The maximum Gasteiger partial charge on any atom is 0.319 e. The molecule has 3 rings (SSSR count). The molecule has 6 nitrogen and oxygen atoms in total. The van der Waals surface area contributed by atoms with Gasteiger partial charge in [-0.1, -0.05) is 0 Å². The van der Waals surface area contributed by atoms with Crippen molar-refractivity contribution in [2.75, 3.05) is 40.3 Å². The number of likely N-dealkylation sites (tertiary alicyclic amines) is 2. The zero-order valence-corrected chi connectivity index (χ0v) is 13.5. The standard InChI is InChI=1S/C16H22FN3O3/c1-18(2)15(22)20-7-5-13(17)16(11-20)6-8-19(10-16)14(21)12-4-3-9-23-12/h3-4,9,13H,5-8,10-11H2,1-2H3/t13-,16-/m0/s1. The van der Waals surface area contributed by atoms with Crippen molar-refractivity contribution in [3.63, 3.8) is 0 Å². The Labute approximate surface area is 134 Å². The summed E-state index contributed by atoms with van der Waals surface area (Å²) in [5, 5.41) is 0. The highest BCUT2D eigenvalue weighted by Crippen LogP contribution is 2.41. The first-order valence-corrected chi connectivity index (χ1v) is 7.86. The molecule has 1 aromatic rings. The second-order valence-electron chi connectivity index (χ2n) is 6.67. The molecule has 0 aromatic carbocycles. The highest BCUT2D eigenvalue weighted by atomic mass is 19.1. The van der Waals surface area contributed by atoms with Crippen LogP contribution in [-0.4, -0.2) is 73.1 Å². The zero-order valence-electron chi connectivity index (χ0n) is 13.5. The van der Waals surface area contributed by atoms with Gasteiger partial charge in [-0.3, -0.25) is 4.79 Å². The van der Waals surface area contributed by atoms with E-state index in [0.29, 0.717) is 39.0 Å². The SMILES string of the molecule is CN(C)C(=O)N1CC[C@H](F)[C@]2(CCN(C(=O)c3ccco3)C2)C1. The Morgan fingerprint density at radius 2 is 2.04 bits per heavy atom. The van der Waals surface area contributed by atoms with E-state index < -0.39 is 11.6 Å². The summed E-state index contributed by atoms with van der Waals surface area (Å²) in [6, 6.07) is 3.17. The van der Waals surface area contributed by atoms with Gasteiger partial charge in [0, 0.05) is 45.7 Å².